The van der Waals surface area contributed by atoms with Gasteiger partial charge in [-0.3, -0.25) is 0 Å². The van der Waals surface area contributed by atoms with E-state index in [2.05, 4.69) is 12.2 Å². The van der Waals surface area contributed by atoms with Gasteiger partial charge in [0.1, 0.15) is 0 Å². The average molecular weight is 253 g/mol. The van der Waals surface area contributed by atoms with Crippen LogP contribution in [0, 0.1) is 5.41 Å². The number of hydrogen-bond acceptors (Lipinski definition) is 1. The molecular formula is C15H21F2N. The molecule has 1 aliphatic rings. The number of alkyl halides is 2. The molecule has 100 valence electrons. The molecule has 1 N–H and O–H groups in total. The Morgan fingerprint density at radius 1 is 1.28 bits per heavy atom. The Morgan fingerprint density at radius 2 is 2.00 bits per heavy atom. The van der Waals surface area contributed by atoms with Crippen LogP contribution >= 0.6 is 0 Å². The molecule has 0 aromatic heterocycles. The van der Waals surface area contributed by atoms with Crippen molar-refractivity contribution >= 4 is 0 Å². The van der Waals surface area contributed by atoms with E-state index in [1.54, 1.807) is 12.1 Å². The summed E-state index contributed by atoms with van der Waals surface area (Å²) in [5.41, 5.74) is 1.45. The van der Waals surface area contributed by atoms with Crippen molar-refractivity contribution in [3.63, 3.8) is 0 Å². The van der Waals surface area contributed by atoms with Gasteiger partial charge in [-0.15, -0.1) is 0 Å². The molecule has 0 heterocycles. The van der Waals surface area contributed by atoms with Crippen LogP contribution in [0.3, 0.4) is 0 Å². The number of halogens is 2. The maximum atomic E-state index is 12.6. The van der Waals surface area contributed by atoms with E-state index in [1.165, 1.54) is 31.7 Å². The minimum Gasteiger partial charge on any atom is -0.312 e. The smallest absolute Gasteiger partial charge is 0.263 e. The van der Waals surface area contributed by atoms with E-state index in [0.29, 0.717) is 12.0 Å². The molecule has 2 rings (SSSR count). The third-order valence-electron chi connectivity index (χ3n) is 3.89. The summed E-state index contributed by atoms with van der Waals surface area (Å²) in [5.74, 6) is 0. The second-order valence-electron chi connectivity index (χ2n) is 5.67. The highest BCUT2D eigenvalue weighted by molar-refractivity contribution is 5.24. The van der Waals surface area contributed by atoms with E-state index in [-0.39, 0.29) is 5.56 Å². The molecule has 1 fully saturated rings. The lowest BCUT2D eigenvalue weighted by molar-refractivity contribution is 0.151. The van der Waals surface area contributed by atoms with Crippen molar-refractivity contribution in [2.75, 3.05) is 6.54 Å². The molecule has 1 aromatic carbocycles. The van der Waals surface area contributed by atoms with Gasteiger partial charge in [0.05, 0.1) is 0 Å². The molecule has 1 aromatic rings. The summed E-state index contributed by atoms with van der Waals surface area (Å²) in [6, 6.07) is 6.67. The lowest BCUT2D eigenvalue weighted by Crippen LogP contribution is -2.29. The summed E-state index contributed by atoms with van der Waals surface area (Å²) in [7, 11) is 0. The highest BCUT2D eigenvalue weighted by atomic mass is 19.3. The van der Waals surface area contributed by atoms with Crippen molar-refractivity contribution in [2.45, 2.75) is 45.6 Å². The molecule has 0 atom stereocenters. The maximum absolute atomic E-state index is 12.6. The molecule has 0 unspecified atom stereocenters. The first-order chi connectivity index (χ1) is 8.59. The van der Waals surface area contributed by atoms with Gasteiger partial charge < -0.3 is 5.32 Å². The molecule has 0 aliphatic heterocycles. The normalized spacial score (nSPS) is 18.4. The fourth-order valence-corrected chi connectivity index (χ4v) is 2.75. The molecule has 0 saturated heterocycles. The molecule has 0 amide bonds. The van der Waals surface area contributed by atoms with E-state index in [1.807, 2.05) is 6.07 Å². The molecule has 0 radical (unpaired) electrons. The van der Waals surface area contributed by atoms with Gasteiger partial charge >= 0.3 is 0 Å². The van der Waals surface area contributed by atoms with Crippen molar-refractivity contribution in [1.29, 1.82) is 0 Å². The predicted octanol–water partition coefficient (Wildman–Crippen LogP) is 4.29. The third-order valence-corrected chi connectivity index (χ3v) is 3.89. The second-order valence-corrected chi connectivity index (χ2v) is 5.67. The number of nitrogens with one attached hydrogen (secondary N) is 1. The predicted molar refractivity (Wildman–Crippen MR) is 69.7 cm³/mol. The minimum absolute atomic E-state index is 0.112. The highest BCUT2D eigenvalue weighted by Crippen LogP contribution is 2.36. The molecule has 3 heteroatoms. The van der Waals surface area contributed by atoms with E-state index < -0.39 is 6.43 Å². The van der Waals surface area contributed by atoms with Crippen LogP contribution in [0.25, 0.3) is 0 Å². The summed E-state index contributed by atoms with van der Waals surface area (Å²) in [6.07, 6.45) is 2.81. The van der Waals surface area contributed by atoms with Gasteiger partial charge in [-0.05, 0) is 29.9 Å². The fraction of sp³-hybridized carbons (Fsp3) is 0.600. The molecule has 0 spiro atoms. The van der Waals surface area contributed by atoms with E-state index in [9.17, 15) is 8.78 Å². The van der Waals surface area contributed by atoms with Crippen LogP contribution in [0.1, 0.15) is 50.2 Å². The van der Waals surface area contributed by atoms with E-state index in [0.717, 1.165) is 12.1 Å². The molecule has 1 nitrogen and oxygen atoms in total. The van der Waals surface area contributed by atoms with Crippen molar-refractivity contribution in [2.24, 2.45) is 5.41 Å². The lowest BCUT2D eigenvalue weighted by atomic mass is 9.89. The lowest BCUT2D eigenvalue weighted by Gasteiger charge is -2.23. The Morgan fingerprint density at radius 3 is 2.67 bits per heavy atom. The van der Waals surface area contributed by atoms with E-state index in [4.69, 9.17) is 0 Å². The minimum atomic E-state index is -2.38. The summed E-state index contributed by atoms with van der Waals surface area (Å²) in [5, 5.41) is 3.41. The first-order valence-corrected chi connectivity index (χ1v) is 6.67. The standard InChI is InChI=1S/C15H21F2N/c1-15(7-2-3-8-15)11-18-10-12-5-4-6-13(9-12)14(16)17/h4-6,9,14,18H,2-3,7-8,10-11H2,1H3. The summed E-state index contributed by atoms with van der Waals surface area (Å²) >= 11 is 0. The zero-order valence-corrected chi connectivity index (χ0v) is 10.9. The molecule has 1 saturated carbocycles. The number of hydrogen-bond donors (Lipinski definition) is 1. The van der Waals surface area contributed by atoms with Crippen LogP contribution in [0.15, 0.2) is 24.3 Å². The van der Waals surface area contributed by atoms with Crippen molar-refractivity contribution in [3.8, 4) is 0 Å². The van der Waals surface area contributed by atoms with Gasteiger partial charge in [-0.25, -0.2) is 8.78 Å². The van der Waals surface area contributed by atoms with E-state index >= 15 is 0 Å². The van der Waals surface area contributed by atoms with Crippen molar-refractivity contribution in [3.05, 3.63) is 35.4 Å². The summed E-state index contributed by atoms with van der Waals surface area (Å²) in [4.78, 5) is 0. The zero-order chi connectivity index (χ0) is 13.0. The Balaban J connectivity index is 1.84. The average Bonchev–Trinajstić information content (AvgIpc) is 2.77. The van der Waals surface area contributed by atoms with Gasteiger partial charge in [-0.1, -0.05) is 38.0 Å². The van der Waals surface area contributed by atoms with Gasteiger partial charge in [0.25, 0.3) is 6.43 Å². The number of rotatable bonds is 5. The van der Waals surface area contributed by atoms with Crippen LogP contribution in [0.5, 0.6) is 0 Å². The number of benzene rings is 1. The van der Waals surface area contributed by atoms with Crippen molar-refractivity contribution in [1.82, 2.24) is 5.32 Å². The maximum Gasteiger partial charge on any atom is 0.263 e. The fourth-order valence-electron chi connectivity index (χ4n) is 2.75. The van der Waals surface area contributed by atoms with Gasteiger partial charge in [-0.2, -0.15) is 0 Å². The largest absolute Gasteiger partial charge is 0.312 e. The third kappa shape index (κ3) is 3.52. The zero-order valence-electron chi connectivity index (χ0n) is 10.9. The van der Waals surface area contributed by atoms with Crippen LogP contribution in [0.2, 0.25) is 0 Å². The Hall–Kier alpha value is -0.960. The van der Waals surface area contributed by atoms with Crippen molar-refractivity contribution < 1.29 is 8.78 Å². The van der Waals surface area contributed by atoms with Crippen LogP contribution in [-0.2, 0) is 6.54 Å². The SMILES string of the molecule is CC1(CNCc2cccc(C(F)F)c2)CCCC1. The van der Waals surface area contributed by atoms with Gasteiger partial charge in [0.2, 0.25) is 0 Å². The quantitative estimate of drug-likeness (QED) is 0.825. The Kier molecular flexibility index (Phi) is 4.33. The van der Waals surface area contributed by atoms with Crippen LogP contribution in [0.4, 0.5) is 8.78 Å². The Bertz CT molecular complexity index is 384. The molecule has 1 aliphatic carbocycles. The molecule has 18 heavy (non-hydrogen) atoms. The first kappa shape index (κ1) is 13.5. The monoisotopic (exact) mass is 253 g/mol. The second kappa shape index (κ2) is 5.79. The molecular weight excluding hydrogens is 232 g/mol. The first-order valence-electron chi connectivity index (χ1n) is 6.67. The topological polar surface area (TPSA) is 12.0 Å². The van der Waals surface area contributed by atoms with Gasteiger partial charge in [0, 0.05) is 18.7 Å². The van der Waals surface area contributed by atoms with Crippen LogP contribution < -0.4 is 5.32 Å². The highest BCUT2D eigenvalue weighted by Gasteiger charge is 2.27. The molecule has 0 bridgehead atoms. The summed E-state index contributed by atoms with van der Waals surface area (Å²) in [6.45, 7) is 3.96. The Labute approximate surface area is 108 Å². The van der Waals surface area contributed by atoms with Crippen LogP contribution in [-0.4, -0.2) is 6.54 Å². The van der Waals surface area contributed by atoms with Gasteiger partial charge in [0.15, 0.2) is 0 Å². The summed E-state index contributed by atoms with van der Waals surface area (Å²) < 4.78 is 25.1.